The SMILES string of the molecule is Cc1ccc(-c2cn3cc(C(O)Cc4ccccc4)ccc3n2)cc1. The highest BCUT2D eigenvalue weighted by Crippen LogP contribution is 2.23. The molecule has 25 heavy (non-hydrogen) atoms. The zero-order valence-corrected chi connectivity index (χ0v) is 14.1. The van der Waals surface area contributed by atoms with Crippen LogP contribution in [0.3, 0.4) is 0 Å². The van der Waals surface area contributed by atoms with Gasteiger partial charge >= 0.3 is 0 Å². The number of aryl methyl sites for hydroxylation is 1. The highest BCUT2D eigenvalue weighted by molar-refractivity contribution is 5.63. The van der Waals surface area contributed by atoms with Gasteiger partial charge < -0.3 is 9.51 Å². The third kappa shape index (κ3) is 3.32. The van der Waals surface area contributed by atoms with Crippen LogP contribution in [0.5, 0.6) is 0 Å². The Morgan fingerprint density at radius 2 is 1.68 bits per heavy atom. The second kappa shape index (κ2) is 6.54. The normalized spacial score (nSPS) is 12.4. The first kappa shape index (κ1) is 15.6. The summed E-state index contributed by atoms with van der Waals surface area (Å²) in [6.07, 6.45) is 4.05. The predicted molar refractivity (Wildman–Crippen MR) is 100 cm³/mol. The highest BCUT2D eigenvalue weighted by atomic mass is 16.3. The largest absolute Gasteiger partial charge is 0.388 e. The van der Waals surface area contributed by atoms with Gasteiger partial charge in [0.2, 0.25) is 0 Å². The van der Waals surface area contributed by atoms with Crippen LogP contribution in [0.15, 0.2) is 79.1 Å². The summed E-state index contributed by atoms with van der Waals surface area (Å²) < 4.78 is 1.98. The highest BCUT2D eigenvalue weighted by Gasteiger charge is 2.11. The molecule has 1 N–H and O–H groups in total. The van der Waals surface area contributed by atoms with Crippen molar-refractivity contribution >= 4 is 5.65 Å². The van der Waals surface area contributed by atoms with Crippen LogP contribution in [0.2, 0.25) is 0 Å². The van der Waals surface area contributed by atoms with Gasteiger partial charge in [0, 0.05) is 24.4 Å². The summed E-state index contributed by atoms with van der Waals surface area (Å²) >= 11 is 0. The molecular weight excluding hydrogens is 308 g/mol. The van der Waals surface area contributed by atoms with Crippen molar-refractivity contribution in [1.82, 2.24) is 9.38 Å². The van der Waals surface area contributed by atoms with Gasteiger partial charge in [-0.05, 0) is 24.1 Å². The van der Waals surface area contributed by atoms with Gasteiger partial charge in [0.05, 0.1) is 11.8 Å². The van der Waals surface area contributed by atoms with Crippen LogP contribution in [0.25, 0.3) is 16.9 Å². The van der Waals surface area contributed by atoms with Crippen molar-refractivity contribution < 1.29 is 5.11 Å². The molecule has 2 aromatic heterocycles. The summed E-state index contributed by atoms with van der Waals surface area (Å²) in [4.78, 5) is 4.68. The van der Waals surface area contributed by atoms with Gasteiger partial charge in [0.25, 0.3) is 0 Å². The Morgan fingerprint density at radius 3 is 2.44 bits per heavy atom. The number of aromatic nitrogens is 2. The maximum atomic E-state index is 10.6. The lowest BCUT2D eigenvalue weighted by molar-refractivity contribution is 0.178. The van der Waals surface area contributed by atoms with Crippen LogP contribution in [-0.2, 0) is 6.42 Å². The summed E-state index contributed by atoms with van der Waals surface area (Å²) in [5, 5.41) is 10.6. The van der Waals surface area contributed by atoms with E-state index in [1.54, 1.807) is 0 Å². The van der Waals surface area contributed by atoms with Crippen molar-refractivity contribution in [2.24, 2.45) is 0 Å². The predicted octanol–water partition coefficient (Wildman–Crippen LogP) is 4.59. The maximum absolute atomic E-state index is 10.6. The number of imidazole rings is 1. The molecule has 3 nitrogen and oxygen atoms in total. The van der Waals surface area contributed by atoms with Crippen LogP contribution in [-0.4, -0.2) is 14.5 Å². The molecule has 0 saturated carbocycles. The number of aliphatic hydroxyl groups is 1. The average Bonchev–Trinajstić information content (AvgIpc) is 3.06. The number of aliphatic hydroxyl groups excluding tert-OH is 1. The Labute approximate surface area is 147 Å². The molecule has 0 aliphatic heterocycles. The maximum Gasteiger partial charge on any atom is 0.137 e. The van der Waals surface area contributed by atoms with Gasteiger partial charge in [-0.1, -0.05) is 66.2 Å². The van der Waals surface area contributed by atoms with Crippen LogP contribution < -0.4 is 0 Å². The van der Waals surface area contributed by atoms with Gasteiger partial charge in [0.15, 0.2) is 0 Å². The number of hydrogen-bond donors (Lipinski definition) is 1. The molecule has 2 heterocycles. The molecule has 3 heteroatoms. The quantitative estimate of drug-likeness (QED) is 0.595. The van der Waals surface area contributed by atoms with Gasteiger partial charge in [-0.3, -0.25) is 0 Å². The minimum atomic E-state index is -0.531. The molecule has 0 radical (unpaired) electrons. The standard InChI is InChI=1S/C22H20N2O/c1-16-7-9-18(10-8-16)20-15-24-14-19(11-12-22(24)23-20)21(25)13-17-5-3-2-4-6-17/h2-12,14-15,21,25H,13H2,1H3. The minimum absolute atomic E-state index is 0.531. The Hall–Kier alpha value is -2.91. The van der Waals surface area contributed by atoms with E-state index in [-0.39, 0.29) is 0 Å². The van der Waals surface area contributed by atoms with Gasteiger partial charge in [-0.25, -0.2) is 4.98 Å². The number of rotatable bonds is 4. The van der Waals surface area contributed by atoms with Crippen molar-refractivity contribution in [3.8, 4) is 11.3 Å². The molecule has 0 aliphatic rings. The Morgan fingerprint density at radius 1 is 0.920 bits per heavy atom. The Bertz CT molecular complexity index is 988. The topological polar surface area (TPSA) is 37.5 Å². The molecule has 0 spiro atoms. The van der Waals surface area contributed by atoms with Gasteiger partial charge in [-0.15, -0.1) is 0 Å². The second-order valence-electron chi connectivity index (χ2n) is 6.43. The van der Waals surface area contributed by atoms with E-state index in [9.17, 15) is 5.11 Å². The van der Waals surface area contributed by atoms with Crippen LogP contribution in [0.4, 0.5) is 0 Å². The summed E-state index contributed by atoms with van der Waals surface area (Å²) in [6.45, 7) is 2.08. The van der Waals surface area contributed by atoms with E-state index in [0.717, 1.165) is 28.0 Å². The van der Waals surface area contributed by atoms with E-state index in [2.05, 4.69) is 36.2 Å². The first-order valence-electron chi connectivity index (χ1n) is 8.47. The monoisotopic (exact) mass is 328 g/mol. The fourth-order valence-electron chi connectivity index (χ4n) is 3.02. The Balaban J connectivity index is 1.62. The summed E-state index contributed by atoms with van der Waals surface area (Å²) in [5.74, 6) is 0. The molecule has 2 aromatic carbocycles. The molecule has 124 valence electrons. The minimum Gasteiger partial charge on any atom is -0.388 e. The molecule has 0 aliphatic carbocycles. The number of pyridine rings is 1. The van der Waals surface area contributed by atoms with Crippen LogP contribution in [0.1, 0.15) is 22.8 Å². The van der Waals surface area contributed by atoms with E-state index >= 15 is 0 Å². The molecule has 4 aromatic rings. The number of nitrogens with zero attached hydrogens (tertiary/aromatic N) is 2. The lowest BCUT2D eigenvalue weighted by atomic mass is 10.0. The van der Waals surface area contributed by atoms with Crippen molar-refractivity contribution in [1.29, 1.82) is 0 Å². The fourth-order valence-corrected chi connectivity index (χ4v) is 3.02. The van der Waals surface area contributed by atoms with Crippen molar-refractivity contribution in [3.05, 3.63) is 95.8 Å². The molecule has 0 saturated heterocycles. The van der Waals surface area contributed by atoms with E-state index < -0.39 is 6.10 Å². The van der Waals surface area contributed by atoms with E-state index in [1.807, 2.05) is 59.3 Å². The van der Waals surface area contributed by atoms with Crippen molar-refractivity contribution in [2.45, 2.75) is 19.4 Å². The van der Waals surface area contributed by atoms with Crippen molar-refractivity contribution in [3.63, 3.8) is 0 Å². The lowest BCUT2D eigenvalue weighted by Gasteiger charge is -2.11. The first-order chi connectivity index (χ1) is 12.2. The zero-order chi connectivity index (χ0) is 17.2. The van der Waals surface area contributed by atoms with E-state index in [4.69, 9.17) is 0 Å². The Kier molecular flexibility index (Phi) is 4.08. The third-order valence-corrected chi connectivity index (χ3v) is 4.48. The molecule has 1 atom stereocenters. The van der Waals surface area contributed by atoms with Crippen LogP contribution >= 0.6 is 0 Å². The average molecular weight is 328 g/mol. The van der Waals surface area contributed by atoms with Crippen LogP contribution in [0, 0.1) is 6.92 Å². The van der Waals surface area contributed by atoms with E-state index in [1.165, 1.54) is 5.56 Å². The first-order valence-corrected chi connectivity index (χ1v) is 8.47. The molecule has 0 amide bonds. The molecule has 0 bridgehead atoms. The molecular formula is C22H20N2O. The molecule has 0 fully saturated rings. The number of hydrogen-bond acceptors (Lipinski definition) is 2. The van der Waals surface area contributed by atoms with E-state index in [0.29, 0.717) is 6.42 Å². The second-order valence-corrected chi connectivity index (χ2v) is 6.43. The smallest absolute Gasteiger partial charge is 0.137 e. The molecule has 4 rings (SSSR count). The number of benzene rings is 2. The van der Waals surface area contributed by atoms with Crippen molar-refractivity contribution in [2.75, 3.05) is 0 Å². The van der Waals surface area contributed by atoms with Gasteiger partial charge in [0.1, 0.15) is 5.65 Å². The molecule has 1 unspecified atom stereocenters. The third-order valence-electron chi connectivity index (χ3n) is 4.48. The summed E-state index contributed by atoms with van der Waals surface area (Å²) in [6, 6.07) is 22.3. The lowest BCUT2D eigenvalue weighted by Crippen LogP contribution is -2.03. The summed E-state index contributed by atoms with van der Waals surface area (Å²) in [7, 11) is 0. The number of fused-ring (bicyclic) bond motifs is 1. The summed E-state index contributed by atoms with van der Waals surface area (Å²) in [5.41, 5.74) is 6.17. The zero-order valence-electron chi connectivity index (χ0n) is 14.1. The fraction of sp³-hybridized carbons (Fsp3) is 0.136. The van der Waals surface area contributed by atoms with Gasteiger partial charge in [-0.2, -0.15) is 0 Å².